The van der Waals surface area contributed by atoms with Crippen LogP contribution in [0.1, 0.15) is 103 Å². The monoisotopic (exact) mass is 929 g/mol. The van der Waals surface area contributed by atoms with E-state index >= 15 is 0 Å². The van der Waals surface area contributed by atoms with Crippen LogP contribution < -0.4 is 20.9 Å². The molecule has 5 fully saturated rings. The second-order valence-electron chi connectivity index (χ2n) is 21.4. The van der Waals surface area contributed by atoms with Crippen LogP contribution in [-0.4, -0.2) is 159 Å². The lowest BCUT2D eigenvalue weighted by atomic mass is 9.82. The van der Waals surface area contributed by atoms with E-state index in [1.165, 1.54) is 30.6 Å². The number of aliphatic hydroxyl groups is 1. The number of amides is 3. The van der Waals surface area contributed by atoms with Crippen molar-refractivity contribution in [3.8, 4) is 29.4 Å². The number of likely N-dealkylation sites (tertiary alicyclic amines) is 3. The van der Waals surface area contributed by atoms with Crippen LogP contribution in [0.2, 0.25) is 0 Å². The molecule has 68 heavy (non-hydrogen) atoms. The number of nitrogens with one attached hydrogen (secondary N) is 3. The number of anilines is 2. The van der Waals surface area contributed by atoms with E-state index in [9.17, 15) is 24.6 Å². The summed E-state index contributed by atoms with van der Waals surface area (Å²) in [4.78, 5) is 54.0. The van der Waals surface area contributed by atoms with Gasteiger partial charge in [0.2, 0.25) is 17.7 Å². The average Bonchev–Trinajstić information content (AvgIpc) is 3.76. The van der Waals surface area contributed by atoms with Gasteiger partial charge in [0.05, 0.1) is 29.6 Å². The van der Waals surface area contributed by atoms with Crippen molar-refractivity contribution in [2.24, 2.45) is 11.3 Å². The largest absolute Gasteiger partial charge is 0.507 e. The Morgan fingerprint density at radius 3 is 2.07 bits per heavy atom. The predicted molar refractivity (Wildman–Crippen MR) is 264 cm³/mol. The summed E-state index contributed by atoms with van der Waals surface area (Å²) in [5, 5.41) is 39.8. The molecule has 3 aromatic rings. The lowest BCUT2D eigenvalue weighted by Gasteiger charge is -2.50. The van der Waals surface area contributed by atoms with Crippen molar-refractivity contribution >= 4 is 29.2 Å². The first kappa shape index (κ1) is 47.8. The zero-order valence-corrected chi connectivity index (χ0v) is 40.4. The maximum atomic E-state index is 14.3. The molecule has 1 aromatic heterocycles. The normalized spacial score (nSPS) is 26.4. The molecule has 1 aliphatic carbocycles. The molecule has 0 spiro atoms. The van der Waals surface area contributed by atoms with Crippen LogP contribution in [0.15, 0.2) is 54.6 Å². The maximum Gasteiger partial charge on any atom is 0.246 e. The van der Waals surface area contributed by atoms with Gasteiger partial charge in [-0.3, -0.25) is 19.3 Å². The van der Waals surface area contributed by atoms with Crippen molar-refractivity contribution in [2.75, 3.05) is 69.1 Å². The average molecular weight is 929 g/mol. The minimum atomic E-state index is -0.843. The summed E-state index contributed by atoms with van der Waals surface area (Å²) in [7, 11) is 0. The van der Waals surface area contributed by atoms with Crippen LogP contribution in [-0.2, 0) is 14.4 Å². The molecule has 5 atom stereocenters. The highest BCUT2D eigenvalue weighted by Gasteiger charge is 2.46. The lowest BCUT2D eigenvalue weighted by Crippen LogP contribution is -2.61. The number of carbonyl (C=O) groups excluding carboxylic acids is 3. The highest BCUT2D eigenvalue weighted by molar-refractivity contribution is 5.93. The molecule has 364 valence electrons. The Morgan fingerprint density at radius 1 is 0.779 bits per heavy atom. The van der Waals surface area contributed by atoms with Crippen molar-refractivity contribution in [3.63, 3.8) is 0 Å². The third-order valence-electron chi connectivity index (χ3n) is 16.1. The number of hydrogen-bond donors (Lipinski definition) is 5. The number of nitrogens with zero attached hydrogens (tertiary/aromatic N) is 7. The third kappa shape index (κ3) is 10.3. The number of aromatic nitrogens is 2. The van der Waals surface area contributed by atoms with E-state index in [4.69, 9.17) is 6.42 Å². The number of fused-ring (bicyclic) bond motifs is 3. The zero-order valence-electron chi connectivity index (χ0n) is 40.4. The minimum Gasteiger partial charge on any atom is -0.507 e. The van der Waals surface area contributed by atoms with Gasteiger partial charge >= 0.3 is 0 Å². The van der Waals surface area contributed by atoms with Crippen LogP contribution in [0.5, 0.6) is 5.75 Å². The zero-order chi connectivity index (χ0) is 47.7. The molecule has 1 saturated carbocycles. The standard InChI is InChI=1S/C53H72N10O5/c1-6-35-11-13-36(14-12-35)34(2)55-51(67)46-29-42(64)33-63(46)52(68)48(53(3,4)5)56-50(66)37-15-17-38(18-16-37)59-23-19-39(20-24-59)60-25-21-40(22-26-60)61-27-28-62-41(32-61)31-54-49-45(62)30-44(57-58-49)43-9-7-8-10-47(43)65/h1,7-14,30,34,37-42,46,48,64-65H,15-29,31-33H2,2-5H3,(H,54,58)(H,55,67)(H,56,66)/t34-,37?,38?,41-,42+,46-,48+/m0/s1. The van der Waals surface area contributed by atoms with Gasteiger partial charge in [-0.1, -0.05) is 51.0 Å². The van der Waals surface area contributed by atoms with Crippen molar-refractivity contribution in [3.05, 3.63) is 65.7 Å². The Kier molecular flexibility index (Phi) is 14.3. The van der Waals surface area contributed by atoms with E-state index in [1.807, 2.05) is 70.2 Å². The molecular weight excluding hydrogens is 857 g/mol. The summed E-state index contributed by atoms with van der Waals surface area (Å²) in [6.45, 7) is 16.1. The van der Waals surface area contributed by atoms with Gasteiger partial charge in [-0.05, 0) is 126 Å². The van der Waals surface area contributed by atoms with Gasteiger partial charge < -0.3 is 45.8 Å². The molecular formula is C53H72N10O5. The van der Waals surface area contributed by atoms with Gasteiger partial charge in [0.25, 0.3) is 0 Å². The van der Waals surface area contributed by atoms with Crippen molar-refractivity contribution < 1.29 is 24.6 Å². The van der Waals surface area contributed by atoms with Crippen LogP contribution in [0.4, 0.5) is 11.5 Å². The number of phenolic OH excluding ortho intramolecular Hbond substituents is 1. The molecule has 6 heterocycles. The number of aromatic hydroxyl groups is 1. The van der Waals surface area contributed by atoms with Crippen molar-refractivity contribution in [2.45, 2.75) is 134 Å². The fourth-order valence-corrected chi connectivity index (χ4v) is 12.0. The second-order valence-corrected chi connectivity index (χ2v) is 21.4. The summed E-state index contributed by atoms with van der Waals surface area (Å²) in [5.41, 5.74) is 3.48. The van der Waals surface area contributed by atoms with Gasteiger partial charge in [-0.15, -0.1) is 16.6 Å². The number of rotatable bonds is 10. The Labute approximate surface area is 402 Å². The van der Waals surface area contributed by atoms with Gasteiger partial charge in [0, 0.05) is 74.3 Å². The molecule has 6 aliphatic rings. The van der Waals surface area contributed by atoms with Crippen molar-refractivity contribution in [1.29, 1.82) is 0 Å². The van der Waals surface area contributed by atoms with E-state index in [0.717, 1.165) is 101 Å². The Morgan fingerprint density at radius 2 is 1.43 bits per heavy atom. The summed E-state index contributed by atoms with van der Waals surface area (Å²) in [6.07, 6.45) is 13.1. The first-order chi connectivity index (χ1) is 32.7. The molecule has 9 rings (SSSR count). The van der Waals surface area contributed by atoms with Crippen LogP contribution in [0, 0.1) is 23.7 Å². The number of benzene rings is 2. The fourth-order valence-electron chi connectivity index (χ4n) is 12.0. The van der Waals surface area contributed by atoms with E-state index in [1.54, 1.807) is 6.07 Å². The number of phenols is 1. The van der Waals surface area contributed by atoms with Crippen LogP contribution >= 0.6 is 0 Å². The summed E-state index contributed by atoms with van der Waals surface area (Å²) >= 11 is 0. The van der Waals surface area contributed by atoms with Crippen molar-refractivity contribution in [1.82, 2.24) is 40.4 Å². The van der Waals surface area contributed by atoms with Gasteiger partial charge in [0.15, 0.2) is 5.82 Å². The fraction of sp³-hybridized carbons (Fsp3) is 0.604. The molecule has 15 heteroatoms. The predicted octanol–water partition coefficient (Wildman–Crippen LogP) is 4.60. The summed E-state index contributed by atoms with van der Waals surface area (Å²) in [6, 6.07) is 16.8. The molecule has 2 aromatic carbocycles. The van der Waals surface area contributed by atoms with E-state index in [0.29, 0.717) is 35.4 Å². The molecule has 5 N–H and O–H groups in total. The van der Waals surface area contributed by atoms with Gasteiger partial charge in [0.1, 0.15) is 17.8 Å². The highest BCUT2D eigenvalue weighted by Crippen LogP contribution is 2.38. The first-order valence-corrected chi connectivity index (χ1v) is 25.3. The van der Waals surface area contributed by atoms with Gasteiger partial charge in [-0.2, -0.15) is 0 Å². The first-order valence-electron chi connectivity index (χ1n) is 25.3. The van der Waals surface area contributed by atoms with Crippen LogP contribution in [0.3, 0.4) is 0 Å². The van der Waals surface area contributed by atoms with Gasteiger partial charge in [-0.25, -0.2) is 0 Å². The summed E-state index contributed by atoms with van der Waals surface area (Å²) < 4.78 is 0. The number of aliphatic hydroxyl groups excluding tert-OH is 1. The molecule has 5 aliphatic heterocycles. The molecule has 3 amide bonds. The molecule has 15 nitrogen and oxygen atoms in total. The number of β-amino-alcohol motifs (C(OH)–C–C–N with tert-alkyl or cyclic N) is 1. The van der Waals surface area contributed by atoms with E-state index < -0.39 is 23.6 Å². The molecule has 0 unspecified atom stereocenters. The Bertz CT molecular complexity index is 2310. The third-order valence-corrected chi connectivity index (χ3v) is 16.1. The number of piperidine rings is 2. The van der Waals surface area contributed by atoms with E-state index in [-0.39, 0.29) is 48.4 Å². The second kappa shape index (κ2) is 20.4. The molecule has 0 radical (unpaired) electrons. The number of hydrogen-bond acceptors (Lipinski definition) is 12. The number of piperazine rings is 1. The van der Waals surface area contributed by atoms with E-state index in [2.05, 4.69) is 57.7 Å². The minimum absolute atomic E-state index is 0.0412. The lowest BCUT2D eigenvalue weighted by molar-refractivity contribution is -0.145. The SMILES string of the molecule is C#Cc1ccc([C@H](C)NC(=O)[C@@H]2C[C@@H](O)CN2C(=O)[C@@H](NC(=O)C2CCC(N3CCC(N4CCC(N5CCN6c7cc(-c8ccccc8O)nnc7NC[C@H]6C5)CC4)CC3)CC2)C(C)(C)C)cc1. The highest BCUT2D eigenvalue weighted by atomic mass is 16.3. The molecule has 4 saturated heterocycles. The smallest absolute Gasteiger partial charge is 0.246 e. The number of para-hydroxylation sites is 1. The van der Waals surface area contributed by atoms with Crippen LogP contribution in [0.25, 0.3) is 11.3 Å². The number of carbonyl (C=O) groups is 3. The Balaban J connectivity index is 0.709. The topological polar surface area (TPSA) is 170 Å². The number of terminal acetylenes is 1. The maximum absolute atomic E-state index is 14.3. The molecule has 0 bridgehead atoms. The quantitative estimate of drug-likeness (QED) is 0.180. The summed E-state index contributed by atoms with van der Waals surface area (Å²) in [5.74, 6) is 2.70. The Hall–Kier alpha value is -5.27.